The molecule has 0 fully saturated rings. The SMILES string of the molecule is COc1cc(CNC(=O)c2ccc(NC3=NS(=O)(=O)c4ccccc43)cc2)cc(OC)c1OC. The van der Waals surface area contributed by atoms with E-state index in [-0.39, 0.29) is 23.2 Å². The van der Waals surface area contributed by atoms with Crippen molar-refractivity contribution in [3.05, 3.63) is 77.4 Å². The summed E-state index contributed by atoms with van der Waals surface area (Å²) in [4.78, 5) is 12.8. The van der Waals surface area contributed by atoms with Crippen LogP contribution in [0.15, 0.2) is 70.0 Å². The number of amidine groups is 1. The Morgan fingerprint density at radius 1 is 0.912 bits per heavy atom. The van der Waals surface area contributed by atoms with Gasteiger partial charge in [0.1, 0.15) is 4.90 Å². The summed E-state index contributed by atoms with van der Waals surface area (Å²) < 4.78 is 44.2. The number of fused-ring (bicyclic) bond motifs is 1. The maximum atomic E-state index is 12.6. The number of anilines is 1. The summed E-state index contributed by atoms with van der Waals surface area (Å²) in [5.74, 6) is 1.45. The van der Waals surface area contributed by atoms with E-state index in [2.05, 4.69) is 15.0 Å². The van der Waals surface area contributed by atoms with Gasteiger partial charge in [0.15, 0.2) is 17.3 Å². The second kappa shape index (κ2) is 9.44. The van der Waals surface area contributed by atoms with E-state index in [9.17, 15) is 13.2 Å². The third-order valence-electron chi connectivity index (χ3n) is 5.22. The fourth-order valence-electron chi connectivity index (χ4n) is 3.56. The summed E-state index contributed by atoms with van der Waals surface area (Å²) in [6.45, 7) is 0.251. The summed E-state index contributed by atoms with van der Waals surface area (Å²) in [5, 5.41) is 5.87. The molecule has 176 valence electrons. The summed E-state index contributed by atoms with van der Waals surface area (Å²) in [6.07, 6.45) is 0. The van der Waals surface area contributed by atoms with Gasteiger partial charge in [-0.05, 0) is 54.1 Å². The standard InChI is InChI=1S/C24H23N3O6S/c1-31-19-12-15(13-20(32-2)22(19)33-3)14-25-24(28)16-8-10-17(11-9-16)26-23-18-6-4-5-7-21(18)34(29,30)27-23/h4-13H,14H2,1-3H3,(H,25,28)(H,26,27). The summed E-state index contributed by atoms with van der Waals surface area (Å²) in [7, 11) is 0.872. The van der Waals surface area contributed by atoms with Crippen LogP contribution in [0.1, 0.15) is 21.5 Å². The first-order valence-corrected chi connectivity index (χ1v) is 11.7. The molecular weight excluding hydrogens is 458 g/mol. The zero-order valence-electron chi connectivity index (χ0n) is 18.8. The van der Waals surface area contributed by atoms with Crippen LogP contribution in [0, 0.1) is 0 Å². The van der Waals surface area contributed by atoms with Gasteiger partial charge in [0.2, 0.25) is 5.75 Å². The number of benzene rings is 3. The van der Waals surface area contributed by atoms with Crippen molar-refractivity contribution in [2.24, 2.45) is 4.40 Å². The number of ether oxygens (including phenoxy) is 3. The average Bonchev–Trinajstić information content (AvgIpc) is 3.11. The van der Waals surface area contributed by atoms with Crippen LogP contribution in [0.5, 0.6) is 17.2 Å². The number of nitrogens with zero attached hydrogens (tertiary/aromatic N) is 1. The van der Waals surface area contributed by atoms with E-state index in [1.807, 2.05) is 0 Å². The number of sulfonamides is 1. The first kappa shape index (κ1) is 23.1. The summed E-state index contributed by atoms with van der Waals surface area (Å²) >= 11 is 0. The molecule has 0 radical (unpaired) electrons. The molecule has 9 nitrogen and oxygen atoms in total. The van der Waals surface area contributed by atoms with E-state index in [0.717, 1.165) is 5.56 Å². The van der Waals surface area contributed by atoms with Crippen molar-refractivity contribution in [1.29, 1.82) is 0 Å². The molecule has 3 aromatic rings. The van der Waals surface area contributed by atoms with Crippen LogP contribution in [-0.2, 0) is 16.6 Å². The first-order chi connectivity index (χ1) is 16.4. The van der Waals surface area contributed by atoms with Crippen LogP contribution in [0.25, 0.3) is 0 Å². The minimum atomic E-state index is -3.71. The lowest BCUT2D eigenvalue weighted by Crippen LogP contribution is -2.23. The van der Waals surface area contributed by atoms with E-state index in [0.29, 0.717) is 34.1 Å². The third-order valence-corrected chi connectivity index (χ3v) is 6.55. The lowest BCUT2D eigenvalue weighted by Gasteiger charge is -2.14. The highest BCUT2D eigenvalue weighted by Crippen LogP contribution is 2.38. The van der Waals surface area contributed by atoms with Gasteiger partial charge in [0.25, 0.3) is 15.9 Å². The predicted molar refractivity (Wildman–Crippen MR) is 127 cm³/mol. The van der Waals surface area contributed by atoms with Crippen LogP contribution < -0.4 is 24.8 Å². The highest BCUT2D eigenvalue weighted by Gasteiger charge is 2.28. The average molecular weight is 482 g/mol. The fraction of sp³-hybridized carbons (Fsp3) is 0.167. The number of amides is 1. The number of hydrogen-bond acceptors (Lipinski definition) is 7. The molecule has 4 rings (SSSR count). The van der Waals surface area contributed by atoms with E-state index in [1.165, 1.54) is 27.4 Å². The van der Waals surface area contributed by atoms with Gasteiger partial charge in [-0.15, -0.1) is 4.40 Å². The van der Waals surface area contributed by atoms with Gasteiger partial charge in [0.05, 0.1) is 21.3 Å². The zero-order chi connectivity index (χ0) is 24.3. The molecule has 1 amide bonds. The number of rotatable bonds is 7. The van der Waals surface area contributed by atoms with Gasteiger partial charge in [-0.25, -0.2) is 0 Å². The number of hydrogen-bond donors (Lipinski definition) is 2. The monoisotopic (exact) mass is 481 g/mol. The molecule has 3 aromatic carbocycles. The Hall–Kier alpha value is -4.05. The second-order valence-electron chi connectivity index (χ2n) is 7.33. The smallest absolute Gasteiger partial charge is 0.285 e. The van der Waals surface area contributed by atoms with E-state index in [4.69, 9.17) is 14.2 Å². The highest BCUT2D eigenvalue weighted by atomic mass is 32.2. The highest BCUT2D eigenvalue weighted by molar-refractivity contribution is 7.90. The molecular formula is C24H23N3O6S. The number of carbonyl (C=O) groups is 1. The normalized spacial score (nSPS) is 13.4. The molecule has 0 bridgehead atoms. The van der Waals surface area contributed by atoms with Crippen molar-refractivity contribution in [3.63, 3.8) is 0 Å². The maximum Gasteiger partial charge on any atom is 0.285 e. The second-order valence-corrected chi connectivity index (χ2v) is 8.90. The van der Waals surface area contributed by atoms with Crippen molar-refractivity contribution in [2.45, 2.75) is 11.4 Å². The Morgan fingerprint density at radius 3 is 2.18 bits per heavy atom. The Bertz CT molecular complexity index is 1340. The minimum absolute atomic E-state index is 0.167. The summed E-state index contributed by atoms with van der Waals surface area (Å²) in [6, 6.07) is 16.8. The van der Waals surface area contributed by atoms with Gasteiger partial charge in [-0.3, -0.25) is 4.79 Å². The quantitative estimate of drug-likeness (QED) is 0.532. The third kappa shape index (κ3) is 4.53. The largest absolute Gasteiger partial charge is 0.493 e. The maximum absolute atomic E-state index is 12.6. The Morgan fingerprint density at radius 2 is 1.56 bits per heavy atom. The van der Waals surface area contributed by atoms with Crippen molar-refractivity contribution in [1.82, 2.24) is 5.32 Å². The Kier molecular flexibility index (Phi) is 6.42. The molecule has 0 aliphatic carbocycles. The van der Waals surface area contributed by atoms with Crippen molar-refractivity contribution < 1.29 is 27.4 Å². The number of methoxy groups -OCH3 is 3. The molecule has 0 saturated carbocycles. The van der Waals surface area contributed by atoms with Crippen molar-refractivity contribution in [3.8, 4) is 17.2 Å². The minimum Gasteiger partial charge on any atom is -0.493 e. The fourth-order valence-corrected chi connectivity index (χ4v) is 4.74. The van der Waals surface area contributed by atoms with Crippen LogP contribution in [0.2, 0.25) is 0 Å². The molecule has 1 aliphatic heterocycles. The van der Waals surface area contributed by atoms with E-state index in [1.54, 1.807) is 54.6 Å². The molecule has 0 atom stereocenters. The molecule has 0 spiro atoms. The number of carbonyl (C=O) groups excluding carboxylic acids is 1. The van der Waals surface area contributed by atoms with Crippen molar-refractivity contribution >= 4 is 27.5 Å². The van der Waals surface area contributed by atoms with Crippen LogP contribution >= 0.6 is 0 Å². The van der Waals surface area contributed by atoms with Crippen molar-refractivity contribution in [2.75, 3.05) is 26.6 Å². The Balaban J connectivity index is 1.44. The van der Waals surface area contributed by atoms with E-state index < -0.39 is 10.0 Å². The molecule has 34 heavy (non-hydrogen) atoms. The molecule has 10 heteroatoms. The number of nitrogens with one attached hydrogen (secondary N) is 2. The Labute approximate surface area is 197 Å². The van der Waals surface area contributed by atoms with Gasteiger partial charge in [-0.1, -0.05) is 12.1 Å². The molecule has 1 heterocycles. The molecule has 0 aromatic heterocycles. The van der Waals surface area contributed by atoms with Gasteiger partial charge < -0.3 is 24.8 Å². The van der Waals surface area contributed by atoms with Crippen LogP contribution in [0.3, 0.4) is 0 Å². The van der Waals surface area contributed by atoms with Crippen LogP contribution in [-0.4, -0.2) is 41.5 Å². The molecule has 0 unspecified atom stereocenters. The molecule has 0 saturated heterocycles. The molecule has 1 aliphatic rings. The van der Waals surface area contributed by atoms with Gasteiger partial charge in [-0.2, -0.15) is 8.42 Å². The van der Waals surface area contributed by atoms with Gasteiger partial charge in [0, 0.05) is 23.4 Å². The lowest BCUT2D eigenvalue weighted by molar-refractivity contribution is 0.0951. The molecule has 2 N–H and O–H groups in total. The summed E-state index contributed by atoms with van der Waals surface area (Å²) in [5.41, 5.74) is 2.33. The van der Waals surface area contributed by atoms with E-state index >= 15 is 0 Å². The zero-order valence-corrected chi connectivity index (χ0v) is 19.6. The van der Waals surface area contributed by atoms with Gasteiger partial charge >= 0.3 is 0 Å². The van der Waals surface area contributed by atoms with Crippen LogP contribution in [0.4, 0.5) is 5.69 Å². The topological polar surface area (TPSA) is 115 Å². The lowest BCUT2D eigenvalue weighted by atomic mass is 10.1. The first-order valence-electron chi connectivity index (χ1n) is 10.2. The predicted octanol–water partition coefficient (Wildman–Crippen LogP) is 3.20.